The molecule has 0 aromatic carbocycles. The van der Waals surface area contributed by atoms with Crippen molar-refractivity contribution in [1.82, 2.24) is 0 Å². The summed E-state index contributed by atoms with van der Waals surface area (Å²) in [6.07, 6.45) is 2.34. The Labute approximate surface area is 66.3 Å². The quantitative estimate of drug-likeness (QED) is 0.556. The highest BCUT2D eigenvalue weighted by molar-refractivity contribution is 8.00. The number of thioether (sulfide) groups is 1. The SMILES string of the molecule is C1CSC1.O=S1(=O)CCC1. The minimum absolute atomic E-state index is 0.424. The highest BCUT2D eigenvalue weighted by Gasteiger charge is 2.19. The molecule has 2 fully saturated rings. The van der Waals surface area contributed by atoms with Gasteiger partial charge in [0.15, 0.2) is 0 Å². The molecule has 0 N–H and O–H groups in total. The van der Waals surface area contributed by atoms with Crippen LogP contribution in [0.3, 0.4) is 0 Å². The maximum atomic E-state index is 10.1. The van der Waals surface area contributed by atoms with Crippen molar-refractivity contribution in [3.63, 3.8) is 0 Å². The van der Waals surface area contributed by atoms with E-state index in [1.54, 1.807) is 0 Å². The standard InChI is InChI=1S/C3H6O2S.C3H6S/c4-6(5)2-1-3-6;1-2-4-3-1/h1-3H2;1-3H2. The Balaban J connectivity index is 0.000000108. The Hall–Kier alpha value is 0.300. The lowest BCUT2D eigenvalue weighted by Crippen LogP contribution is -2.23. The molecule has 0 amide bonds. The summed E-state index contributed by atoms with van der Waals surface area (Å²) in [5.41, 5.74) is 0. The van der Waals surface area contributed by atoms with Gasteiger partial charge in [0.1, 0.15) is 9.84 Å². The average Bonchev–Trinajstić information content (AvgIpc) is 1.57. The van der Waals surface area contributed by atoms with Gasteiger partial charge in [-0.15, -0.1) is 0 Å². The van der Waals surface area contributed by atoms with Crippen molar-refractivity contribution in [3.05, 3.63) is 0 Å². The van der Waals surface area contributed by atoms with Crippen LogP contribution in [0.1, 0.15) is 12.8 Å². The van der Waals surface area contributed by atoms with E-state index in [0.717, 1.165) is 6.42 Å². The highest BCUT2D eigenvalue weighted by Crippen LogP contribution is 2.14. The van der Waals surface area contributed by atoms with Crippen molar-refractivity contribution in [2.24, 2.45) is 0 Å². The van der Waals surface area contributed by atoms with E-state index in [-0.39, 0.29) is 0 Å². The second kappa shape index (κ2) is 3.62. The van der Waals surface area contributed by atoms with Gasteiger partial charge in [-0.25, -0.2) is 8.42 Å². The smallest absolute Gasteiger partial charge is 0.150 e. The third-order valence-electron chi connectivity index (χ3n) is 1.49. The molecule has 0 radical (unpaired) electrons. The minimum Gasteiger partial charge on any atom is -0.229 e. The fourth-order valence-corrected chi connectivity index (χ4v) is 1.57. The van der Waals surface area contributed by atoms with Crippen molar-refractivity contribution >= 4 is 21.6 Å². The zero-order valence-electron chi connectivity index (χ0n) is 5.88. The van der Waals surface area contributed by atoms with Gasteiger partial charge in [-0.1, -0.05) is 0 Å². The molecule has 60 valence electrons. The largest absolute Gasteiger partial charge is 0.229 e. The number of hydrogen-bond donors (Lipinski definition) is 0. The minimum atomic E-state index is -2.48. The molecule has 0 bridgehead atoms. The fraction of sp³-hybridized carbons (Fsp3) is 1.00. The number of rotatable bonds is 0. The third kappa shape index (κ3) is 2.92. The first-order valence-corrected chi connectivity index (χ1v) is 6.46. The number of sulfone groups is 1. The molecule has 10 heavy (non-hydrogen) atoms. The molecule has 0 atom stereocenters. The molecule has 0 aliphatic carbocycles. The Morgan fingerprint density at radius 1 is 1.00 bits per heavy atom. The van der Waals surface area contributed by atoms with Gasteiger partial charge in [-0.05, 0) is 24.3 Å². The van der Waals surface area contributed by atoms with E-state index in [1.165, 1.54) is 17.9 Å². The lowest BCUT2D eigenvalue weighted by Gasteiger charge is -2.09. The van der Waals surface area contributed by atoms with E-state index in [1.807, 2.05) is 11.8 Å². The lowest BCUT2D eigenvalue weighted by atomic mass is 10.5. The molecule has 0 saturated carbocycles. The summed E-state index contributed by atoms with van der Waals surface area (Å²) < 4.78 is 20.2. The van der Waals surface area contributed by atoms with Gasteiger partial charge in [-0.2, -0.15) is 11.8 Å². The summed E-state index contributed by atoms with van der Waals surface area (Å²) in [6.45, 7) is 0. The first-order chi connectivity index (χ1) is 4.71. The molecule has 2 heterocycles. The van der Waals surface area contributed by atoms with Gasteiger partial charge < -0.3 is 0 Å². The Bertz CT molecular complexity index is 166. The summed E-state index contributed by atoms with van der Waals surface area (Å²) in [4.78, 5) is 0. The van der Waals surface area contributed by atoms with Crippen LogP contribution >= 0.6 is 11.8 Å². The highest BCUT2D eigenvalue weighted by atomic mass is 32.2. The topological polar surface area (TPSA) is 34.1 Å². The van der Waals surface area contributed by atoms with E-state index in [0.29, 0.717) is 11.5 Å². The van der Waals surface area contributed by atoms with Crippen LogP contribution in [0, 0.1) is 0 Å². The molecule has 0 unspecified atom stereocenters. The van der Waals surface area contributed by atoms with E-state index in [4.69, 9.17) is 0 Å². The fourth-order valence-electron chi connectivity index (χ4n) is 0.524. The normalized spacial score (nSPS) is 26.8. The van der Waals surface area contributed by atoms with Gasteiger partial charge in [0, 0.05) is 0 Å². The maximum Gasteiger partial charge on any atom is 0.150 e. The Morgan fingerprint density at radius 3 is 1.30 bits per heavy atom. The predicted octanol–water partition coefficient (Wildman–Crippen LogP) is 0.928. The molecule has 0 aromatic rings. The van der Waals surface area contributed by atoms with Crippen molar-refractivity contribution in [2.75, 3.05) is 23.0 Å². The molecular weight excluding hydrogens is 168 g/mol. The van der Waals surface area contributed by atoms with Crippen LogP contribution in [0.4, 0.5) is 0 Å². The summed E-state index contributed by atoms with van der Waals surface area (Å²) in [6, 6.07) is 0. The zero-order valence-corrected chi connectivity index (χ0v) is 7.51. The first-order valence-electron chi connectivity index (χ1n) is 3.49. The Kier molecular flexibility index (Phi) is 3.04. The molecule has 0 aromatic heterocycles. The van der Waals surface area contributed by atoms with Crippen LogP contribution in [0.5, 0.6) is 0 Å². The van der Waals surface area contributed by atoms with Crippen LogP contribution < -0.4 is 0 Å². The van der Waals surface area contributed by atoms with Crippen molar-refractivity contribution in [2.45, 2.75) is 12.8 Å². The summed E-state index contributed by atoms with van der Waals surface area (Å²) in [5.74, 6) is 3.68. The van der Waals surface area contributed by atoms with Gasteiger partial charge in [-0.3, -0.25) is 0 Å². The maximum absolute atomic E-state index is 10.1. The molecular formula is C6H12O2S2. The van der Waals surface area contributed by atoms with E-state index >= 15 is 0 Å². The molecule has 2 rings (SSSR count). The van der Waals surface area contributed by atoms with Crippen LogP contribution in [-0.4, -0.2) is 31.4 Å². The molecule has 2 nitrogen and oxygen atoms in total. The van der Waals surface area contributed by atoms with Gasteiger partial charge in [0.25, 0.3) is 0 Å². The summed E-state index contributed by atoms with van der Waals surface area (Å²) in [5, 5.41) is 0. The van der Waals surface area contributed by atoms with Crippen molar-refractivity contribution in [3.8, 4) is 0 Å². The second-order valence-corrected chi connectivity index (χ2v) is 6.00. The van der Waals surface area contributed by atoms with Crippen LogP contribution in [0.15, 0.2) is 0 Å². The molecule has 2 aliphatic rings. The second-order valence-electron chi connectivity index (χ2n) is 2.47. The van der Waals surface area contributed by atoms with E-state index in [2.05, 4.69) is 0 Å². The summed E-state index contributed by atoms with van der Waals surface area (Å²) in [7, 11) is -2.48. The predicted molar refractivity (Wildman–Crippen MR) is 45.2 cm³/mol. The summed E-state index contributed by atoms with van der Waals surface area (Å²) >= 11 is 2.04. The van der Waals surface area contributed by atoms with Crippen LogP contribution in [0.2, 0.25) is 0 Å². The van der Waals surface area contributed by atoms with Crippen LogP contribution in [0.25, 0.3) is 0 Å². The van der Waals surface area contributed by atoms with Gasteiger partial charge in [0.2, 0.25) is 0 Å². The number of hydrogen-bond acceptors (Lipinski definition) is 3. The average molecular weight is 180 g/mol. The van der Waals surface area contributed by atoms with Gasteiger partial charge >= 0.3 is 0 Å². The van der Waals surface area contributed by atoms with Gasteiger partial charge in [0.05, 0.1) is 11.5 Å². The van der Waals surface area contributed by atoms with Crippen molar-refractivity contribution in [1.29, 1.82) is 0 Å². The van der Waals surface area contributed by atoms with Crippen LogP contribution in [-0.2, 0) is 9.84 Å². The van der Waals surface area contributed by atoms with E-state index in [9.17, 15) is 8.42 Å². The van der Waals surface area contributed by atoms with Crippen molar-refractivity contribution < 1.29 is 8.42 Å². The monoisotopic (exact) mass is 180 g/mol. The first kappa shape index (κ1) is 8.40. The molecule has 2 aliphatic heterocycles. The lowest BCUT2D eigenvalue weighted by molar-refractivity contribution is 0.580. The molecule has 2 saturated heterocycles. The third-order valence-corrected chi connectivity index (χ3v) is 4.46. The zero-order chi connectivity index (χ0) is 7.45. The Morgan fingerprint density at radius 2 is 1.30 bits per heavy atom. The van der Waals surface area contributed by atoms with E-state index < -0.39 is 9.84 Å². The molecule has 4 heteroatoms. The molecule has 0 spiro atoms.